The average molecular weight is 295 g/mol. The molecule has 3 atom stereocenters. The lowest BCUT2D eigenvalue weighted by Gasteiger charge is -2.32. The molecule has 2 aliphatic rings. The van der Waals surface area contributed by atoms with Crippen LogP contribution in [0.25, 0.3) is 0 Å². The highest BCUT2D eigenvalue weighted by atomic mass is 79.9. The number of rotatable bonds is 1. The molecule has 1 aromatic rings. The van der Waals surface area contributed by atoms with Gasteiger partial charge in [0.15, 0.2) is 0 Å². The van der Waals surface area contributed by atoms with Crippen LogP contribution in [0.5, 0.6) is 0 Å². The summed E-state index contributed by atoms with van der Waals surface area (Å²) >= 11 is 3.45. The Balaban J connectivity index is 1.85. The highest BCUT2D eigenvalue weighted by Gasteiger charge is 2.40. The van der Waals surface area contributed by atoms with Crippen LogP contribution in [0, 0.1) is 11.8 Å². The van der Waals surface area contributed by atoms with Gasteiger partial charge in [-0.25, -0.2) is 4.98 Å². The third kappa shape index (κ3) is 2.10. The zero-order chi connectivity index (χ0) is 11.8. The molecule has 1 aromatic heterocycles. The van der Waals surface area contributed by atoms with Gasteiger partial charge in [-0.05, 0) is 52.7 Å². The van der Waals surface area contributed by atoms with Crippen LogP contribution in [0.2, 0.25) is 0 Å². The van der Waals surface area contributed by atoms with Crippen molar-refractivity contribution in [3.63, 3.8) is 0 Å². The molecule has 0 N–H and O–H groups in total. The number of hydrogen-bond donors (Lipinski definition) is 0. The number of aromatic nitrogens is 1. The third-order valence-electron chi connectivity index (χ3n) is 4.40. The number of anilines is 1. The highest BCUT2D eigenvalue weighted by Crippen LogP contribution is 2.41. The minimum atomic E-state index is 0.743. The monoisotopic (exact) mass is 294 g/mol. The summed E-state index contributed by atoms with van der Waals surface area (Å²) in [6.07, 6.45) is 7.50. The lowest BCUT2D eigenvalue weighted by atomic mass is 9.80. The average Bonchev–Trinajstić information content (AvgIpc) is 2.69. The van der Waals surface area contributed by atoms with Gasteiger partial charge >= 0.3 is 0 Å². The molecule has 2 fully saturated rings. The van der Waals surface area contributed by atoms with E-state index in [0.29, 0.717) is 0 Å². The molecule has 0 radical (unpaired) electrons. The third-order valence-corrected chi connectivity index (χ3v) is 4.87. The Labute approximate surface area is 112 Å². The molecule has 0 amide bonds. The van der Waals surface area contributed by atoms with E-state index in [1.807, 2.05) is 6.20 Å². The van der Waals surface area contributed by atoms with Crippen molar-refractivity contribution in [3.8, 4) is 0 Å². The number of nitrogens with zero attached hydrogens (tertiary/aromatic N) is 2. The molecule has 2 heterocycles. The van der Waals surface area contributed by atoms with E-state index < -0.39 is 0 Å². The largest absolute Gasteiger partial charge is 0.353 e. The van der Waals surface area contributed by atoms with Crippen LogP contribution < -0.4 is 4.90 Å². The number of hydrogen-bond acceptors (Lipinski definition) is 2. The van der Waals surface area contributed by atoms with Gasteiger partial charge in [-0.2, -0.15) is 0 Å². The zero-order valence-corrected chi connectivity index (χ0v) is 11.9. The second-order valence-corrected chi connectivity index (χ2v) is 6.40. The quantitative estimate of drug-likeness (QED) is 0.782. The molecule has 1 saturated carbocycles. The van der Waals surface area contributed by atoms with Gasteiger partial charge < -0.3 is 4.90 Å². The molecule has 3 heteroatoms. The standard InChI is InChI=1S/C14H19BrN2/c1-10-9-17(13-5-3-2-4-12(10)13)14-7-6-11(15)8-16-14/h6-8,10,12-13H,2-5,9H2,1H3. The van der Waals surface area contributed by atoms with Crippen LogP contribution in [0.4, 0.5) is 5.82 Å². The van der Waals surface area contributed by atoms with Gasteiger partial charge in [0, 0.05) is 23.3 Å². The normalized spacial score (nSPS) is 32.6. The van der Waals surface area contributed by atoms with Crippen molar-refractivity contribution >= 4 is 21.7 Å². The summed E-state index contributed by atoms with van der Waals surface area (Å²) in [4.78, 5) is 7.11. The Morgan fingerprint density at radius 1 is 1.29 bits per heavy atom. The van der Waals surface area contributed by atoms with Gasteiger partial charge in [-0.3, -0.25) is 0 Å². The van der Waals surface area contributed by atoms with E-state index in [-0.39, 0.29) is 0 Å². The van der Waals surface area contributed by atoms with Crippen LogP contribution in [0.1, 0.15) is 32.6 Å². The lowest BCUT2D eigenvalue weighted by Crippen LogP contribution is -2.35. The summed E-state index contributed by atoms with van der Waals surface area (Å²) < 4.78 is 1.06. The molecular weight excluding hydrogens is 276 g/mol. The van der Waals surface area contributed by atoms with Crippen molar-refractivity contribution in [1.29, 1.82) is 0 Å². The Bertz CT molecular complexity index is 390. The van der Waals surface area contributed by atoms with Crippen molar-refractivity contribution in [2.24, 2.45) is 11.8 Å². The maximum absolute atomic E-state index is 4.56. The molecule has 1 aliphatic carbocycles. The Kier molecular flexibility index (Phi) is 3.12. The number of pyridine rings is 1. The molecule has 3 rings (SSSR count). The van der Waals surface area contributed by atoms with Crippen LogP contribution in [-0.4, -0.2) is 17.6 Å². The fourth-order valence-electron chi connectivity index (χ4n) is 3.57. The molecular formula is C14H19BrN2. The van der Waals surface area contributed by atoms with Crippen molar-refractivity contribution in [2.75, 3.05) is 11.4 Å². The zero-order valence-electron chi connectivity index (χ0n) is 10.3. The fourth-order valence-corrected chi connectivity index (χ4v) is 3.81. The summed E-state index contributed by atoms with van der Waals surface area (Å²) in [5, 5.41) is 0. The molecule has 3 unspecified atom stereocenters. The summed E-state index contributed by atoms with van der Waals surface area (Å²) in [5.74, 6) is 2.88. The summed E-state index contributed by atoms with van der Waals surface area (Å²) in [7, 11) is 0. The van der Waals surface area contributed by atoms with E-state index in [4.69, 9.17) is 0 Å². The maximum Gasteiger partial charge on any atom is 0.128 e. The van der Waals surface area contributed by atoms with Crippen LogP contribution in [0.15, 0.2) is 22.8 Å². The van der Waals surface area contributed by atoms with E-state index >= 15 is 0 Å². The van der Waals surface area contributed by atoms with Gasteiger partial charge in [0.25, 0.3) is 0 Å². The SMILES string of the molecule is CC1CN(c2ccc(Br)cn2)C2CCCCC12. The molecule has 17 heavy (non-hydrogen) atoms. The first-order valence-electron chi connectivity index (χ1n) is 6.64. The molecule has 0 bridgehead atoms. The topological polar surface area (TPSA) is 16.1 Å². The Morgan fingerprint density at radius 2 is 2.12 bits per heavy atom. The molecule has 1 aliphatic heterocycles. The van der Waals surface area contributed by atoms with Gasteiger partial charge in [0.1, 0.15) is 5.82 Å². The molecule has 92 valence electrons. The van der Waals surface area contributed by atoms with E-state index in [1.165, 1.54) is 32.2 Å². The highest BCUT2D eigenvalue weighted by molar-refractivity contribution is 9.10. The molecule has 1 saturated heterocycles. The van der Waals surface area contributed by atoms with E-state index in [2.05, 4.69) is 44.9 Å². The van der Waals surface area contributed by atoms with Crippen molar-refractivity contribution in [1.82, 2.24) is 4.98 Å². The van der Waals surface area contributed by atoms with E-state index in [9.17, 15) is 0 Å². The summed E-state index contributed by atoms with van der Waals surface area (Å²) in [5.41, 5.74) is 0. The number of halogens is 1. The van der Waals surface area contributed by atoms with Crippen molar-refractivity contribution in [3.05, 3.63) is 22.8 Å². The smallest absolute Gasteiger partial charge is 0.128 e. The lowest BCUT2D eigenvalue weighted by molar-refractivity contribution is 0.293. The fraction of sp³-hybridized carbons (Fsp3) is 0.643. The first kappa shape index (κ1) is 11.5. The van der Waals surface area contributed by atoms with Crippen LogP contribution >= 0.6 is 15.9 Å². The van der Waals surface area contributed by atoms with E-state index in [1.54, 1.807) is 0 Å². The first-order chi connectivity index (χ1) is 8.25. The summed E-state index contributed by atoms with van der Waals surface area (Å²) in [6, 6.07) is 4.99. The van der Waals surface area contributed by atoms with Crippen molar-refractivity contribution in [2.45, 2.75) is 38.6 Å². The summed E-state index contributed by atoms with van der Waals surface area (Å²) in [6.45, 7) is 3.59. The molecule has 0 aromatic carbocycles. The van der Waals surface area contributed by atoms with Crippen LogP contribution in [0.3, 0.4) is 0 Å². The second-order valence-electron chi connectivity index (χ2n) is 5.48. The predicted octanol–water partition coefficient (Wildman–Crippen LogP) is 3.86. The van der Waals surface area contributed by atoms with Gasteiger partial charge in [-0.1, -0.05) is 19.8 Å². The Morgan fingerprint density at radius 3 is 2.88 bits per heavy atom. The van der Waals surface area contributed by atoms with E-state index in [0.717, 1.165) is 28.2 Å². The van der Waals surface area contributed by atoms with Crippen molar-refractivity contribution < 1.29 is 0 Å². The van der Waals surface area contributed by atoms with Gasteiger partial charge in [0.2, 0.25) is 0 Å². The van der Waals surface area contributed by atoms with Crippen LogP contribution in [-0.2, 0) is 0 Å². The Hall–Kier alpha value is -0.570. The predicted molar refractivity (Wildman–Crippen MR) is 74.2 cm³/mol. The van der Waals surface area contributed by atoms with Gasteiger partial charge in [-0.15, -0.1) is 0 Å². The second kappa shape index (κ2) is 4.60. The number of fused-ring (bicyclic) bond motifs is 1. The molecule has 2 nitrogen and oxygen atoms in total. The molecule has 0 spiro atoms. The maximum atomic E-state index is 4.56. The minimum Gasteiger partial charge on any atom is -0.353 e. The minimum absolute atomic E-state index is 0.743. The van der Waals surface area contributed by atoms with Gasteiger partial charge in [0.05, 0.1) is 0 Å². The first-order valence-corrected chi connectivity index (χ1v) is 7.43.